The lowest BCUT2D eigenvalue weighted by atomic mass is 9.86. The van der Waals surface area contributed by atoms with Gasteiger partial charge in [-0.2, -0.15) is 0 Å². The van der Waals surface area contributed by atoms with Gasteiger partial charge in [0.2, 0.25) is 0 Å². The van der Waals surface area contributed by atoms with E-state index in [4.69, 9.17) is 0 Å². The van der Waals surface area contributed by atoms with Gasteiger partial charge in [-0.05, 0) is 37.3 Å². The van der Waals surface area contributed by atoms with Gasteiger partial charge in [0.1, 0.15) is 0 Å². The molecule has 3 unspecified atom stereocenters. The second kappa shape index (κ2) is 4.06. The molecule has 1 aliphatic heterocycles. The number of hydrogen-bond donors (Lipinski definition) is 1. The van der Waals surface area contributed by atoms with Gasteiger partial charge in [-0.1, -0.05) is 27.7 Å². The fraction of sp³-hybridized carbons (Fsp3) is 1.00. The normalized spacial score (nSPS) is 38.8. The Labute approximate surface area is 94.4 Å². The van der Waals surface area contributed by atoms with Crippen molar-refractivity contribution in [1.29, 1.82) is 0 Å². The van der Waals surface area contributed by atoms with Crippen LogP contribution in [0.2, 0.25) is 0 Å². The van der Waals surface area contributed by atoms with Crippen LogP contribution in [0, 0.1) is 11.3 Å². The number of nitrogens with one attached hydrogen (secondary N) is 1. The maximum Gasteiger partial charge on any atom is 0.0243 e. The summed E-state index contributed by atoms with van der Waals surface area (Å²) in [4.78, 5) is 2.72. The largest absolute Gasteiger partial charge is 0.312 e. The number of nitrogens with zero attached hydrogens (tertiary/aromatic N) is 1. The second-order valence-electron chi connectivity index (χ2n) is 6.50. The molecule has 2 heteroatoms. The molecule has 0 aromatic heterocycles. The van der Waals surface area contributed by atoms with E-state index >= 15 is 0 Å². The fourth-order valence-corrected chi connectivity index (χ4v) is 2.64. The minimum atomic E-state index is 0.390. The third-order valence-corrected chi connectivity index (χ3v) is 4.01. The van der Waals surface area contributed by atoms with E-state index in [0.29, 0.717) is 11.5 Å². The highest BCUT2D eigenvalue weighted by Gasteiger charge is 2.40. The monoisotopic (exact) mass is 210 g/mol. The molecule has 0 amide bonds. The molecule has 0 aromatic rings. The van der Waals surface area contributed by atoms with Crippen LogP contribution < -0.4 is 5.32 Å². The Morgan fingerprint density at radius 2 is 1.93 bits per heavy atom. The molecule has 2 aliphatic rings. The molecule has 1 aliphatic carbocycles. The molecule has 2 fully saturated rings. The van der Waals surface area contributed by atoms with Crippen molar-refractivity contribution in [3.63, 3.8) is 0 Å². The first-order valence-electron chi connectivity index (χ1n) is 6.46. The lowest BCUT2D eigenvalue weighted by Gasteiger charge is -2.34. The minimum Gasteiger partial charge on any atom is -0.312 e. The second-order valence-corrected chi connectivity index (χ2v) is 6.50. The Balaban J connectivity index is 1.96. The molecule has 0 spiro atoms. The standard InChI is InChI=1S/C13H26N2/c1-10-8-11(10)15-7-5-6-14-12(9-15)13(2,3)4/h10-12,14H,5-9H2,1-4H3. The van der Waals surface area contributed by atoms with Crippen molar-refractivity contribution in [2.45, 2.75) is 52.6 Å². The molecular formula is C13H26N2. The van der Waals surface area contributed by atoms with Crippen molar-refractivity contribution in [2.75, 3.05) is 19.6 Å². The van der Waals surface area contributed by atoms with Crippen LogP contribution in [0.5, 0.6) is 0 Å². The lowest BCUT2D eigenvalue weighted by molar-refractivity contribution is 0.187. The Morgan fingerprint density at radius 3 is 2.47 bits per heavy atom. The summed E-state index contributed by atoms with van der Waals surface area (Å²) in [6.45, 7) is 13.2. The molecule has 15 heavy (non-hydrogen) atoms. The Hall–Kier alpha value is -0.0800. The van der Waals surface area contributed by atoms with E-state index in [0.717, 1.165) is 12.0 Å². The van der Waals surface area contributed by atoms with E-state index in [-0.39, 0.29) is 0 Å². The van der Waals surface area contributed by atoms with E-state index in [1.165, 1.54) is 32.5 Å². The Kier molecular flexibility index (Phi) is 3.09. The smallest absolute Gasteiger partial charge is 0.0243 e. The van der Waals surface area contributed by atoms with Crippen molar-refractivity contribution < 1.29 is 0 Å². The summed E-state index contributed by atoms with van der Waals surface area (Å²) in [7, 11) is 0. The van der Waals surface area contributed by atoms with Crippen molar-refractivity contribution >= 4 is 0 Å². The van der Waals surface area contributed by atoms with Gasteiger partial charge >= 0.3 is 0 Å². The first-order chi connectivity index (χ1) is 6.98. The Bertz CT molecular complexity index is 219. The van der Waals surface area contributed by atoms with Gasteiger partial charge in [-0.3, -0.25) is 4.90 Å². The molecule has 3 atom stereocenters. The van der Waals surface area contributed by atoms with Crippen LogP contribution in [0.25, 0.3) is 0 Å². The molecule has 1 N–H and O–H groups in total. The summed E-state index contributed by atoms with van der Waals surface area (Å²) in [6.07, 6.45) is 2.74. The van der Waals surface area contributed by atoms with Crippen LogP contribution in [0.1, 0.15) is 40.5 Å². The van der Waals surface area contributed by atoms with E-state index in [1.807, 2.05) is 0 Å². The predicted molar refractivity (Wildman–Crippen MR) is 65.0 cm³/mol. The zero-order valence-electron chi connectivity index (χ0n) is 10.7. The molecular weight excluding hydrogens is 184 g/mol. The third-order valence-electron chi connectivity index (χ3n) is 4.01. The number of hydrogen-bond acceptors (Lipinski definition) is 2. The number of rotatable bonds is 1. The molecule has 88 valence electrons. The van der Waals surface area contributed by atoms with Crippen LogP contribution in [-0.4, -0.2) is 36.6 Å². The maximum absolute atomic E-state index is 3.71. The molecule has 0 radical (unpaired) electrons. The highest BCUT2D eigenvalue weighted by Crippen LogP contribution is 2.36. The highest BCUT2D eigenvalue weighted by atomic mass is 15.2. The van der Waals surface area contributed by atoms with E-state index < -0.39 is 0 Å². The molecule has 0 bridgehead atoms. The van der Waals surface area contributed by atoms with Gasteiger partial charge in [-0.25, -0.2) is 0 Å². The topological polar surface area (TPSA) is 15.3 Å². The average Bonchev–Trinajstić information content (AvgIpc) is 2.84. The van der Waals surface area contributed by atoms with Crippen LogP contribution >= 0.6 is 0 Å². The molecule has 1 saturated carbocycles. The van der Waals surface area contributed by atoms with Gasteiger partial charge in [0, 0.05) is 18.6 Å². The SMILES string of the molecule is CC1CC1N1CCCNC(C(C)(C)C)C1. The van der Waals surface area contributed by atoms with E-state index in [2.05, 4.69) is 37.9 Å². The average molecular weight is 210 g/mol. The molecule has 2 nitrogen and oxygen atoms in total. The summed E-state index contributed by atoms with van der Waals surface area (Å²) >= 11 is 0. The van der Waals surface area contributed by atoms with E-state index in [1.54, 1.807) is 0 Å². The van der Waals surface area contributed by atoms with Gasteiger partial charge < -0.3 is 5.32 Å². The minimum absolute atomic E-state index is 0.390. The van der Waals surface area contributed by atoms with Gasteiger partial charge in [0.15, 0.2) is 0 Å². The zero-order valence-corrected chi connectivity index (χ0v) is 10.7. The van der Waals surface area contributed by atoms with E-state index in [9.17, 15) is 0 Å². The van der Waals surface area contributed by atoms with Gasteiger partial charge in [-0.15, -0.1) is 0 Å². The molecule has 1 saturated heterocycles. The molecule has 0 aromatic carbocycles. The van der Waals surface area contributed by atoms with Gasteiger partial charge in [0.05, 0.1) is 0 Å². The highest BCUT2D eigenvalue weighted by molar-refractivity contribution is 4.96. The van der Waals surface area contributed by atoms with Crippen molar-refractivity contribution in [3.8, 4) is 0 Å². The summed E-state index contributed by atoms with van der Waals surface area (Å²) in [5.74, 6) is 0.948. The van der Waals surface area contributed by atoms with Gasteiger partial charge in [0.25, 0.3) is 0 Å². The van der Waals surface area contributed by atoms with Crippen LogP contribution in [0.3, 0.4) is 0 Å². The van der Waals surface area contributed by atoms with Crippen molar-refractivity contribution in [1.82, 2.24) is 10.2 Å². The van der Waals surface area contributed by atoms with Crippen LogP contribution in [-0.2, 0) is 0 Å². The lowest BCUT2D eigenvalue weighted by Crippen LogP contribution is -2.46. The van der Waals surface area contributed by atoms with Crippen LogP contribution in [0.15, 0.2) is 0 Å². The van der Waals surface area contributed by atoms with Crippen LogP contribution in [0.4, 0.5) is 0 Å². The summed E-state index contributed by atoms with van der Waals surface area (Å²) in [5.41, 5.74) is 0.390. The van der Waals surface area contributed by atoms with Crippen molar-refractivity contribution in [3.05, 3.63) is 0 Å². The fourth-order valence-electron chi connectivity index (χ4n) is 2.64. The Morgan fingerprint density at radius 1 is 1.27 bits per heavy atom. The summed E-state index contributed by atoms with van der Waals surface area (Å²) in [6, 6.07) is 1.56. The zero-order chi connectivity index (χ0) is 11.1. The third kappa shape index (κ3) is 2.73. The summed E-state index contributed by atoms with van der Waals surface area (Å²) < 4.78 is 0. The molecule has 1 heterocycles. The maximum atomic E-state index is 3.71. The first kappa shape index (κ1) is 11.4. The predicted octanol–water partition coefficient (Wildman–Crippen LogP) is 2.10. The summed E-state index contributed by atoms with van der Waals surface area (Å²) in [5, 5.41) is 3.71. The van der Waals surface area contributed by atoms with Crippen molar-refractivity contribution in [2.24, 2.45) is 11.3 Å². The molecule has 2 rings (SSSR count). The quantitative estimate of drug-likeness (QED) is 0.713. The first-order valence-corrected chi connectivity index (χ1v) is 6.46.